The molecular weight excluding hydrogens is 264 g/mol. The molecule has 1 aromatic carbocycles. The van der Waals surface area contributed by atoms with Gasteiger partial charge in [-0.15, -0.1) is 0 Å². The first-order chi connectivity index (χ1) is 7.17. The maximum atomic E-state index is 11.5. The summed E-state index contributed by atoms with van der Waals surface area (Å²) < 4.78 is 15.2. The van der Waals surface area contributed by atoms with Gasteiger partial charge in [0.2, 0.25) is 0 Å². The molecule has 2 rings (SSSR count). The third kappa shape index (κ3) is 1.56. The van der Waals surface area contributed by atoms with E-state index in [9.17, 15) is 4.79 Å². The van der Waals surface area contributed by atoms with Gasteiger partial charge in [-0.25, -0.2) is 4.79 Å². The first-order valence-electron chi connectivity index (χ1n) is 4.28. The number of methoxy groups -OCH3 is 2. The zero-order valence-corrected chi connectivity index (χ0v) is 9.83. The summed E-state index contributed by atoms with van der Waals surface area (Å²) in [6.45, 7) is 0. The zero-order valence-electron chi connectivity index (χ0n) is 8.24. The van der Waals surface area contributed by atoms with Crippen molar-refractivity contribution in [2.75, 3.05) is 14.2 Å². The Balaban J connectivity index is 2.62. The summed E-state index contributed by atoms with van der Waals surface area (Å²) in [6.07, 6.45) is 0. The van der Waals surface area contributed by atoms with Crippen LogP contribution in [0.5, 0.6) is 11.5 Å². The van der Waals surface area contributed by atoms with E-state index in [1.54, 1.807) is 19.2 Å². The van der Waals surface area contributed by atoms with Gasteiger partial charge in [0, 0.05) is 11.6 Å². The second kappa shape index (κ2) is 3.73. The van der Waals surface area contributed by atoms with Crippen molar-refractivity contribution in [3.05, 3.63) is 23.3 Å². The second-order valence-electron chi connectivity index (χ2n) is 3.02. The quantitative estimate of drug-likeness (QED) is 0.612. The fourth-order valence-corrected chi connectivity index (χ4v) is 2.03. The zero-order chi connectivity index (χ0) is 11.0. The van der Waals surface area contributed by atoms with Crippen molar-refractivity contribution in [2.24, 2.45) is 0 Å². The molecular formula is C10H9BrO4. The number of halogens is 1. The van der Waals surface area contributed by atoms with Gasteiger partial charge in [-0.2, -0.15) is 0 Å². The molecule has 0 N–H and O–H groups in total. The number of hydrogen-bond acceptors (Lipinski definition) is 4. The third-order valence-electron chi connectivity index (χ3n) is 2.22. The normalized spacial score (nSPS) is 18.3. The Morgan fingerprint density at radius 2 is 2.07 bits per heavy atom. The van der Waals surface area contributed by atoms with Gasteiger partial charge in [-0.05, 0) is 22.0 Å². The van der Waals surface area contributed by atoms with E-state index in [0.717, 1.165) is 5.56 Å². The molecule has 0 saturated carbocycles. The Morgan fingerprint density at radius 3 is 2.67 bits per heavy atom. The maximum absolute atomic E-state index is 11.5. The fourth-order valence-electron chi connectivity index (χ4n) is 1.50. The van der Waals surface area contributed by atoms with E-state index in [4.69, 9.17) is 14.2 Å². The van der Waals surface area contributed by atoms with Crippen LogP contribution in [0.2, 0.25) is 0 Å². The lowest BCUT2D eigenvalue weighted by atomic mass is 10.1. The lowest BCUT2D eigenvalue weighted by Crippen LogP contribution is -1.99. The monoisotopic (exact) mass is 272 g/mol. The number of fused-ring (bicyclic) bond motifs is 1. The molecule has 0 amide bonds. The average Bonchev–Trinajstić information content (AvgIpc) is 2.53. The van der Waals surface area contributed by atoms with E-state index in [2.05, 4.69) is 15.9 Å². The van der Waals surface area contributed by atoms with E-state index in [1.807, 2.05) is 0 Å². The van der Waals surface area contributed by atoms with Crippen LogP contribution in [0.15, 0.2) is 12.1 Å². The molecule has 0 fully saturated rings. The van der Waals surface area contributed by atoms with E-state index < -0.39 is 5.01 Å². The van der Waals surface area contributed by atoms with Crippen molar-refractivity contribution in [1.29, 1.82) is 0 Å². The summed E-state index contributed by atoms with van der Waals surface area (Å²) in [6, 6.07) is 3.41. The Labute approximate surface area is 95.3 Å². The maximum Gasteiger partial charge on any atom is 0.343 e. The van der Waals surface area contributed by atoms with Gasteiger partial charge in [0.25, 0.3) is 0 Å². The summed E-state index contributed by atoms with van der Waals surface area (Å²) in [5, 5.41) is -0.427. The summed E-state index contributed by atoms with van der Waals surface area (Å²) in [4.78, 5) is 11.5. The molecule has 1 aliphatic heterocycles. The predicted molar refractivity (Wildman–Crippen MR) is 56.6 cm³/mol. The number of esters is 1. The Hall–Kier alpha value is -1.23. The number of alkyl halides is 1. The molecule has 0 aliphatic carbocycles. The van der Waals surface area contributed by atoms with Gasteiger partial charge >= 0.3 is 5.97 Å². The number of rotatable bonds is 2. The van der Waals surface area contributed by atoms with Crippen LogP contribution < -0.4 is 9.47 Å². The molecule has 1 heterocycles. The molecule has 0 spiro atoms. The number of cyclic esters (lactones) is 1. The van der Waals surface area contributed by atoms with E-state index in [1.165, 1.54) is 7.11 Å². The first-order valence-corrected chi connectivity index (χ1v) is 5.20. The van der Waals surface area contributed by atoms with Crippen LogP contribution in [0, 0.1) is 0 Å². The van der Waals surface area contributed by atoms with Crippen LogP contribution >= 0.6 is 15.9 Å². The SMILES string of the molecule is COc1cc(OC)c2c(c1)C(Br)OC2=O. The van der Waals surface area contributed by atoms with Crippen LogP contribution in [0.3, 0.4) is 0 Å². The average molecular weight is 273 g/mol. The Kier molecular flexibility index (Phi) is 2.56. The molecule has 1 aromatic rings. The van der Waals surface area contributed by atoms with Gasteiger partial charge in [0.05, 0.1) is 14.2 Å². The van der Waals surface area contributed by atoms with Crippen molar-refractivity contribution in [3.63, 3.8) is 0 Å². The first kappa shape index (κ1) is 10.3. The highest BCUT2D eigenvalue weighted by Gasteiger charge is 2.33. The number of ether oxygens (including phenoxy) is 3. The lowest BCUT2D eigenvalue weighted by molar-refractivity contribution is 0.0528. The molecule has 15 heavy (non-hydrogen) atoms. The van der Waals surface area contributed by atoms with Crippen molar-refractivity contribution < 1.29 is 19.0 Å². The van der Waals surface area contributed by atoms with Crippen LogP contribution in [0.4, 0.5) is 0 Å². The Morgan fingerprint density at radius 1 is 1.33 bits per heavy atom. The predicted octanol–water partition coefficient (Wildman–Crippen LogP) is 2.27. The van der Waals surface area contributed by atoms with Crippen LogP contribution in [0.25, 0.3) is 0 Å². The highest BCUT2D eigenvalue weighted by molar-refractivity contribution is 9.09. The van der Waals surface area contributed by atoms with Crippen molar-refractivity contribution in [1.82, 2.24) is 0 Å². The third-order valence-corrected chi connectivity index (χ3v) is 2.90. The number of benzene rings is 1. The summed E-state index contributed by atoms with van der Waals surface area (Å²) in [7, 11) is 3.06. The van der Waals surface area contributed by atoms with Crippen LogP contribution in [-0.2, 0) is 4.74 Å². The van der Waals surface area contributed by atoms with E-state index >= 15 is 0 Å². The van der Waals surface area contributed by atoms with Gasteiger partial charge in [0.15, 0.2) is 5.01 Å². The molecule has 5 heteroatoms. The molecule has 0 radical (unpaired) electrons. The molecule has 0 aromatic heterocycles. The fraction of sp³-hybridized carbons (Fsp3) is 0.300. The minimum absolute atomic E-state index is 0.383. The minimum Gasteiger partial charge on any atom is -0.497 e. The standard InChI is InChI=1S/C10H9BrO4/c1-13-5-3-6-8(7(4-5)14-2)10(12)15-9(6)11/h3-4,9H,1-2H3. The van der Waals surface area contributed by atoms with Crippen molar-refractivity contribution >= 4 is 21.9 Å². The summed E-state index contributed by atoms with van der Waals surface area (Å²) >= 11 is 3.25. The summed E-state index contributed by atoms with van der Waals surface area (Å²) in [5.74, 6) is 0.719. The Bertz CT molecular complexity index is 416. The van der Waals surface area contributed by atoms with E-state index in [0.29, 0.717) is 17.1 Å². The second-order valence-corrected chi connectivity index (χ2v) is 3.85. The highest BCUT2D eigenvalue weighted by Crippen LogP contribution is 2.42. The lowest BCUT2D eigenvalue weighted by Gasteiger charge is -2.07. The van der Waals surface area contributed by atoms with Gasteiger partial charge < -0.3 is 14.2 Å². The molecule has 80 valence electrons. The topological polar surface area (TPSA) is 44.8 Å². The summed E-state index contributed by atoms with van der Waals surface area (Å²) in [5.41, 5.74) is 1.19. The van der Waals surface area contributed by atoms with Crippen molar-refractivity contribution in [2.45, 2.75) is 5.01 Å². The van der Waals surface area contributed by atoms with E-state index in [-0.39, 0.29) is 5.97 Å². The number of carbonyl (C=O) groups excluding carboxylic acids is 1. The number of carbonyl (C=O) groups is 1. The number of hydrogen-bond donors (Lipinski definition) is 0. The molecule has 1 unspecified atom stereocenters. The van der Waals surface area contributed by atoms with Crippen LogP contribution in [-0.4, -0.2) is 20.2 Å². The highest BCUT2D eigenvalue weighted by atomic mass is 79.9. The van der Waals surface area contributed by atoms with Gasteiger partial charge in [0.1, 0.15) is 17.1 Å². The molecule has 0 saturated heterocycles. The van der Waals surface area contributed by atoms with Crippen molar-refractivity contribution in [3.8, 4) is 11.5 Å². The van der Waals surface area contributed by atoms with Gasteiger partial charge in [-0.1, -0.05) is 0 Å². The molecule has 0 bridgehead atoms. The van der Waals surface area contributed by atoms with Crippen LogP contribution in [0.1, 0.15) is 20.9 Å². The molecule has 4 nitrogen and oxygen atoms in total. The largest absolute Gasteiger partial charge is 0.497 e. The molecule has 1 aliphatic rings. The minimum atomic E-state index is -0.427. The molecule has 1 atom stereocenters. The smallest absolute Gasteiger partial charge is 0.343 e. The van der Waals surface area contributed by atoms with Gasteiger partial charge in [-0.3, -0.25) is 0 Å².